The molecule has 20 heavy (non-hydrogen) atoms. The van der Waals surface area contributed by atoms with Gasteiger partial charge in [-0.1, -0.05) is 18.2 Å². The van der Waals surface area contributed by atoms with E-state index in [1.54, 1.807) is 0 Å². The molecular weight excluding hydrogens is 252 g/mol. The molecule has 2 aliphatic heterocycles. The first kappa shape index (κ1) is 13.6. The summed E-state index contributed by atoms with van der Waals surface area (Å²) in [5, 5.41) is 0. The number of hydrogen-bond acceptors (Lipinski definition) is 3. The van der Waals surface area contributed by atoms with Gasteiger partial charge in [-0.2, -0.15) is 0 Å². The van der Waals surface area contributed by atoms with E-state index >= 15 is 0 Å². The van der Waals surface area contributed by atoms with Gasteiger partial charge in [0.15, 0.2) is 0 Å². The predicted molar refractivity (Wildman–Crippen MR) is 78.8 cm³/mol. The summed E-state index contributed by atoms with van der Waals surface area (Å²) < 4.78 is 5.73. The summed E-state index contributed by atoms with van der Waals surface area (Å²) in [5.74, 6) is 0.472. The molecule has 0 aromatic heterocycles. The molecular formula is C16H22N2O2. The summed E-state index contributed by atoms with van der Waals surface area (Å²) in [4.78, 5) is 14.6. The molecule has 1 saturated heterocycles. The number of carbonyl (C=O) groups excluding carboxylic acids is 1. The Bertz CT molecular complexity index is 503. The molecule has 1 fully saturated rings. The lowest BCUT2D eigenvalue weighted by Gasteiger charge is -2.21. The number of nitrogens with zero attached hydrogens (tertiary/aromatic N) is 1. The first-order valence-corrected chi connectivity index (χ1v) is 7.46. The maximum atomic E-state index is 12.7. The van der Waals surface area contributed by atoms with Gasteiger partial charge in [-0.25, -0.2) is 0 Å². The Hall–Kier alpha value is -1.39. The predicted octanol–water partition coefficient (Wildman–Crippen LogP) is 2.03. The van der Waals surface area contributed by atoms with Crippen molar-refractivity contribution in [1.29, 1.82) is 0 Å². The average molecular weight is 274 g/mol. The molecule has 1 aromatic rings. The summed E-state index contributed by atoms with van der Waals surface area (Å²) in [6.07, 6.45) is 2.65. The number of rotatable bonds is 3. The quantitative estimate of drug-likeness (QED) is 0.917. The zero-order chi connectivity index (χ0) is 14.1. The number of fused-ring (bicyclic) bond motifs is 1. The molecule has 1 aromatic carbocycles. The summed E-state index contributed by atoms with van der Waals surface area (Å²) in [6.45, 7) is 3.42. The van der Waals surface area contributed by atoms with Crippen LogP contribution >= 0.6 is 0 Å². The fraction of sp³-hybridized carbons (Fsp3) is 0.562. The van der Waals surface area contributed by atoms with Crippen molar-refractivity contribution in [1.82, 2.24) is 0 Å². The van der Waals surface area contributed by atoms with Crippen LogP contribution < -0.4 is 10.6 Å². The van der Waals surface area contributed by atoms with Crippen LogP contribution in [0.1, 0.15) is 37.7 Å². The van der Waals surface area contributed by atoms with Crippen molar-refractivity contribution >= 4 is 11.6 Å². The van der Waals surface area contributed by atoms with E-state index in [2.05, 4.69) is 6.07 Å². The van der Waals surface area contributed by atoms with Crippen LogP contribution in [0.25, 0.3) is 0 Å². The molecule has 4 heteroatoms. The van der Waals surface area contributed by atoms with Gasteiger partial charge in [-0.3, -0.25) is 4.79 Å². The largest absolute Gasteiger partial charge is 0.365 e. The Labute approximate surface area is 119 Å². The standard InChI is InChI=1S/C16H22N2O2/c1-11-6-7-15(20-11)16(19)18-10-12(8-9-17)13-4-2-3-5-14(13)18/h2-5,11-12,15H,6-10,17H2,1H3. The number of hydrogen-bond donors (Lipinski definition) is 1. The van der Waals surface area contributed by atoms with E-state index in [4.69, 9.17) is 10.5 Å². The molecule has 3 atom stereocenters. The van der Waals surface area contributed by atoms with Crippen molar-refractivity contribution in [3.63, 3.8) is 0 Å². The lowest BCUT2D eigenvalue weighted by molar-refractivity contribution is -0.128. The highest BCUT2D eigenvalue weighted by molar-refractivity contribution is 5.98. The smallest absolute Gasteiger partial charge is 0.256 e. The zero-order valence-electron chi connectivity index (χ0n) is 11.9. The van der Waals surface area contributed by atoms with Crippen LogP contribution in [-0.4, -0.2) is 31.2 Å². The molecule has 3 unspecified atom stereocenters. The van der Waals surface area contributed by atoms with Gasteiger partial charge in [0.25, 0.3) is 5.91 Å². The van der Waals surface area contributed by atoms with Crippen molar-refractivity contribution in [3.8, 4) is 0 Å². The minimum absolute atomic E-state index is 0.112. The van der Waals surface area contributed by atoms with Crippen LogP contribution in [0.3, 0.4) is 0 Å². The van der Waals surface area contributed by atoms with Gasteiger partial charge in [0, 0.05) is 18.2 Å². The summed E-state index contributed by atoms with van der Waals surface area (Å²) in [5.41, 5.74) is 7.99. The maximum Gasteiger partial charge on any atom is 0.256 e. The third-order valence-corrected chi connectivity index (χ3v) is 4.36. The van der Waals surface area contributed by atoms with E-state index in [-0.39, 0.29) is 18.1 Å². The number of anilines is 1. The molecule has 4 nitrogen and oxygen atoms in total. The van der Waals surface area contributed by atoms with Gasteiger partial charge >= 0.3 is 0 Å². The van der Waals surface area contributed by atoms with Crippen LogP contribution in [-0.2, 0) is 9.53 Å². The Morgan fingerprint density at radius 1 is 1.40 bits per heavy atom. The molecule has 1 amide bonds. The summed E-state index contributed by atoms with van der Waals surface area (Å²) in [7, 11) is 0. The van der Waals surface area contributed by atoms with Gasteiger partial charge in [0.1, 0.15) is 6.10 Å². The first-order chi connectivity index (χ1) is 9.70. The molecule has 2 heterocycles. The summed E-state index contributed by atoms with van der Waals surface area (Å²) in [6, 6.07) is 8.16. The fourth-order valence-electron chi connectivity index (χ4n) is 3.31. The Kier molecular flexibility index (Phi) is 3.76. The van der Waals surface area contributed by atoms with E-state index in [0.29, 0.717) is 12.5 Å². The highest BCUT2D eigenvalue weighted by Crippen LogP contribution is 2.38. The Morgan fingerprint density at radius 2 is 2.20 bits per heavy atom. The van der Waals surface area contributed by atoms with Gasteiger partial charge in [0.05, 0.1) is 6.10 Å². The van der Waals surface area contributed by atoms with Crippen LogP contribution in [0.2, 0.25) is 0 Å². The number of carbonyl (C=O) groups is 1. The monoisotopic (exact) mass is 274 g/mol. The van der Waals surface area contributed by atoms with Crippen LogP contribution in [0.4, 0.5) is 5.69 Å². The lowest BCUT2D eigenvalue weighted by Crippen LogP contribution is -2.38. The molecule has 2 N–H and O–H groups in total. The third kappa shape index (κ3) is 2.34. The topological polar surface area (TPSA) is 55.6 Å². The maximum absolute atomic E-state index is 12.7. The van der Waals surface area contributed by atoms with E-state index < -0.39 is 0 Å². The van der Waals surface area contributed by atoms with Crippen molar-refractivity contribution in [2.24, 2.45) is 5.73 Å². The lowest BCUT2D eigenvalue weighted by atomic mass is 9.98. The number of benzene rings is 1. The Balaban J connectivity index is 1.82. The van der Waals surface area contributed by atoms with Crippen molar-refractivity contribution in [2.75, 3.05) is 18.0 Å². The van der Waals surface area contributed by atoms with Crippen molar-refractivity contribution in [2.45, 2.75) is 44.3 Å². The minimum atomic E-state index is -0.269. The first-order valence-electron chi connectivity index (χ1n) is 7.46. The van der Waals surface area contributed by atoms with E-state index in [0.717, 1.165) is 31.5 Å². The van der Waals surface area contributed by atoms with E-state index in [9.17, 15) is 4.79 Å². The Morgan fingerprint density at radius 3 is 2.90 bits per heavy atom. The minimum Gasteiger partial charge on any atom is -0.365 e. The van der Waals surface area contributed by atoms with Gasteiger partial charge in [-0.05, 0) is 44.4 Å². The molecule has 0 saturated carbocycles. The number of para-hydroxylation sites is 1. The highest BCUT2D eigenvalue weighted by Gasteiger charge is 2.37. The van der Waals surface area contributed by atoms with Crippen LogP contribution in [0.15, 0.2) is 24.3 Å². The van der Waals surface area contributed by atoms with E-state index in [1.165, 1.54) is 5.56 Å². The van der Waals surface area contributed by atoms with Gasteiger partial charge in [0.2, 0.25) is 0 Å². The molecule has 0 aliphatic carbocycles. The van der Waals surface area contributed by atoms with Crippen molar-refractivity contribution in [3.05, 3.63) is 29.8 Å². The van der Waals surface area contributed by atoms with Crippen LogP contribution in [0.5, 0.6) is 0 Å². The number of nitrogens with two attached hydrogens (primary N) is 1. The molecule has 108 valence electrons. The molecule has 3 rings (SSSR count). The normalized spacial score (nSPS) is 28.7. The molecule has 0 radical (unpaired) electrons. The number of ether oxygens (including phenoxy) is 1. The van der Waals surface area contributed by atoms with Crippen LogP contribution in [0, 0.1) is 0 Å². The van der Waals surface area contributed by atoms with Gasteiger partial charge in [-0.15, -0.1) is 0 Å². The second kappa shape index (κ2) is 5.54. The SMILES string of the molecule is CC1CCC(C(=O)N2CC(CCN)c3ccccc32)O1. The van der Waals surface area contributed by atoms with Gasteiger partial charge < -0.3 is 15.4 Å². The highest BCUT2D eigenvalue weighted by atomic mass is 16.5. The third-order valence-electron chi connectivity index (χ3n) is 4.36. The van der Waals surface area contributed by atoms with Crippen molar-refractivity contribution < 1.29 is 9.53 Å². The number of amides is 1. The summed E-state index contributed by atoms with van der Waals surface area (Å²) >= 11 is 0. The second-order valence-electron chi connectivity index (χ2n) is 5.79. The molecule has 0 bridgehead atoms. The average Bonchev–Trinajstić information content (AvgIpc) is 3.04. The zero-order valence-corrected chi connectivity index (χ0v) is 11.9. The van der Waals surface area contributed by atoms with E-state index in [1.807, 2.05) is 30.0 Å². The second-order valence-corrected chi connectivity index (χ2v) is 5.79. The molecule has 2 aliphatic rings. The molecule has 0 spiro atoms. The fourth-order valence-corrected chi connectivity index (χ4v) is 3.31.